The van der Waals surface area contributed by atoms with Gasteiger partial charge < -0.3 is 20.1 Å². The average Bonchev–Trinajstić information content (AvgIpc) is 3.00. The lowest BCUT2D eigenvalue weighted by atomic mass is 10.2. The molecule has 0 saturated carbocycles. The van der Waals surface area contributed by atoms with Crippen molar-refractivity contribution in [1.29, 1.82) is 0 Å². The van der Waals surface area contributed by atoms with Gasteiger partial charge in [0.25, 0.3) is 5.91 Å². The number of hydrogen-bond acceptors (Lipinski definition) is 5. The van der Waals surface area contributed by atoms with Gasteiger partial charge >= 0.3 is 0 Å². The second-order valence-electron chi connectivity index (χ2n) is 4.54. The number of hydrogen-bond donors (Lipinski definition) is 2. The third-order valence-electron chi connectivity index (χ3n) is 3.23. The molecule has 0 fully saturated rings. The van der Waals surface area contributed by atoms with Crippen LogP contribution in [0.15, 0.2) is 36.7 Å². The van der Waals surface area contributed by atoms with Crippen LogP contribution < -0.4 is 20.1 Å². The summed E-state index contributed by atoms with van der Waals surface area (Å²) in [5.74, 6) is 1.26. The summed E-state index contributed by atoms with van der Waals surface area (Å²) >= 11 is 0. The molecule has 0 atom stereocenters. The Morgan fingerprint density at radius 1 is 1.29 bits per heavy atom. The molecule has 0 spiro atoms. The summed E-state index contributed by atoms with van der Waals surface area (Å²) in [5.41, 5.74) is 2.21. The minimum Gasteiger partial charge on any atom is -0.454 e. The smallest absolute Gasteiger partial charge is 0.255 e. The molecular formula is C15H15N3O3. The largest absolute Gasteiger partial charge is 0.454 e. The lowest BCUT2D eigenvalue weighted by Crippen LogP contribution is -2.23. The number of nitrogens with one attached hydrogen (secondary N) is 2. The van der Waals surface area contributed by atoms with Gasteiger partial charge in [-0.25, -0.2) is 0 Å². The first-order chi connectivity index (χ1) is 10.3. The quantitative estimate of drug-likeness (QED) is 0.896. The van der Waals surface area contributed by atoms with Crippen LogP contribution in [-0.4, -0.2) is 24.7 Å². The molecule has 2 aromatic rings. The predicted molar refractivity (Wildman–Crippen MR) is 77.5 cm³/mol. The first-order valence-corrected chi connectivity index (χ1v) is 6.56. The normalized spacial score (nSPS) is 12.0. The number of benzene rings is 1. The maximum Gasteiger partial charge on any atom is 0.255 e. The third kappa shape index (κ3) is 2.74. The molecule has 2 heterocycles. The molecule has 0 radical (unpaired) electrons. The molecule has 0 saturated heterocycles. The zero-order chi connectivity index (χ0) is 14.7. The van der Waals surface area contributed by atoms with E-state index in [0.29, 0.717) is 17.9 Å². The molecule has 1 aliphatic rings. The number of ether oxygens (including phenoxy) is 2. The number of fused-ring (bicyclic) bond motifs is 1. The number of rotatable bonds is 4. The van der Waals surface area contributed by atoms with Crippen molar-refractivity contribution in [2.75, 3.05) is 19.2 Å². The number of carbonyl (C=O) groups is 1. The molecule has 108 valence electrons. The Hall–Kier alpha value is -2.76. The van der Waals surface area contributed by atoms with Crippen molar-refractivity contribution in [3.8, 4) is 11.5 Å². The summed E-state index contributed by atoms with van der Waals surface area (Å²) in [6.07, 6.45) is 3.18. The summed E-state index contributed by atoms with van der Waals surface area (Å²) in [7, 11) is 1.77. The van der Waals surface area contributed by atoms with E-state index in [-0.39, 0.29) is 12.7 Å². The van der Waals surface area contributed by atoms with Crippen molar-refractivity contribution in [3.05, 3.63) is 47.8 Å². The second-order valence-corrected chi connectivity index (χ2v) is 4.54. The molecule has 1 aliphatic heterocycles. The van der Waals surface area contributed by atoms with E-state index in [2.05, 4.69) is 15.6 Å². The Morgan fingerprint density at radius 2 is 2.14 bits per heavy atom. The topological polar surface area (TPSA) is 72.5 Å². The second kappa shape index (κ2) is 5.70. The van der Waals surface area contributed by atoms with Crippen molar-refractivity contribution in [2.45, 2.75) is 6.54 Å². The molecule has 1 aromatic heterocycles. The van der Waals surface area contributed by atoms with E-state index in [1.807, 2.05) is 18.2 Å². The van der Waals surface area contributed by atoms with Crippen LogP contribution in [0.25, 0.3) is 0 Å². The Labute approximate surface area is 122 Å². The zero-order valence-electron chi connectivity index (χ0n) is 11.6. The van der Waals surface area contributed by atoms with Gasteiger partial charge in [0.15, 0.2) is 11.5 Å². The van der Waals surface area contributed by atoms with Gasteiger partial charge in [0.05, 0.1) is 5.56 Å². The Morgan fingerprint density at radius 3 is 3.00 bits per heavy atom. The Bertz CT molecular complexity index is 673. The summed E-state index contributed by atoms with van der Waals surface area (Å²) in [5, 5.41) is 5.84. The fourth-order valence-corrected chi connectivity index (χ4v) is 2.12. The molecule has 21 heavy (non-hydrogen) atoms. The van der Waals surface area contributed by atoms with E-state index in [1.165, 1.54) is 0 Å². The molecule has 6 heteroatoms. The first kappa shape index (κ1) is 13.2. The minimum atomic E-state index is -0.176. The molecule has 0 aliphatic carbocycles. The number of carbonyl (C=O) groups excluding carboxylic acids is 1. The van der Waals surface area contributed by atoms with Gasteiger partial charge in [-0.15, -0.1) is 0 Å². The van der Waals surface area contributed by atoms with Crippen molar-refractivity contribution in [2.24, 2.45) is 0 Å². The number of aromatic nitrogens is 1. The summed E-state index contributed by atoms with van der Waals surface area (Å²) in [6, 6.07) is 7.36. The van der Waals surface area contributed by atoms with Gasteiger partial charge in [0.1, 0.15) is 0 Å². The number of amides is 1. The van der Waals surface area contributed by atoms with E-state index in [0.717, 1.165) is 17.0 Å². The number of pyridine rings is 1. The maximum absolute atomic E-state index is 12.2. The average molecular weight is 285 g/mol. The van der Waals surface area contributed by atoms with Crippen LogP contribution in [0.4, 0.5) is 5.69 Å². The van der Waals surface area contributed by atoms with Crippen LogP contribution in [0.2, 0.25) is 0 Å². The molecule has 0 bridgehead atoms. The molecule has 0 unspecified atom stereocenters. The van der Waals surface area contributed by atoms with Gasteiger partial charge in [0, 0.05) is 31.7 Å². The molecule has 3 rings (SSSR count). The molecule has 6 nitrogen and oxygen atoms in total. The molecule has 1 amide bonds. The van der Waals surface area contributed by atoms with Gasteiger partial charge in [-0.1, -0.05) is 6.07 Å². The van der Waals surface area contributed by atoms with Gasteiger partial charge in [-0.05, 0) is 23.8 Å². The summed E-state index contributed by atoms with van der Waals surface area (Å²) in [4.78, 5) is 16.2. The Kier molecular flexibility index (Phi) is 3.59. The highest BCUT2D eigenvalue weighted by Gasteiger charge is 2.14. The first-order valence-electron chi connectivity index (χ1n) is 6.56. The SMILES string of the molecule is CNc1ccncc1C(=O)NCc1ccc2c(c1)OCO2. The summed E-state index contributed by atoms with van der Waals surface area (Å²) in [6.45, 7) is 0.653. The third-order valence-corrected chi connectivity index (χ3v) is 3.23. The highest BCUT2D eigenvalue weighted by Crippen LogP contribution is 2.32. The molecular weight excluding hydrogens is 270 g/mol. The lowest BCUT2D eigenvalue weighted by molar-refractivity contribution is 0.0951. The highest BCUT2D eigenvalue weighted by atomic mass is 16.7. The van der Waals surface area contributed by atoms with Crippen molar-refractivity contribution in [3.63, 3.8) is 0 Å². The van der Waals surface area contributed by atoms with Crippen molar-refractivity contribution in [1.82, 2.24) is 10.3 Å². The van der Waals surface area contributed by atoms with Crippen LogP contribution in [0.3, 0.4) is 0 Å². The van der Waals surface area contributed by atoms with Crippen molar-refractivity contribution < 1.29 is 14.3 Å². The van der Waals surface area contributed by atoms with E-state index in [1.54, 1.807) is 25.5 Å². The van der Waals surface area contributed by atoms with E-state index in [4.69, 9.17) is 9.47 Å². The monoisotopic (exact) mass is 285 g/mol. The fourth-order valence-electron chi connectivity index (χ4n) is 2.12. The fraction of sp³-hybridized carbons (Fsp3) is 0.200. The van der Waals surface area contributed by atoms with Crippen LogP contribution in [0.5, 0.6) is 11.5 Å². The standard InChI is InChI=1S/C15H15N3O3/c1-16-12-4-5-17-8-11(12)15(19)18-7-10-2-3-13-14(6-10)21-9-20-13/h2-6,8H,7,9H2,1H3,(H,16,17)(H,18,19). The van der Waals surface area contributed by atoms with E-state index >= 15 is 0 Å². The molecule has 2 N–H and O–H groups in total. The highest BCUT2D eigenvalue weighted by molar-refractivity contribution is 5.99. The molecule has 1 aromatic carbocycles. The number of anilines is 1. The van der Waals surface area contributed by atoms with E-state index < -0.39 is 0 Å². The maximum atomic E-state index is 12.2. The van der Waals surface area contributed by atoms with Crippen LogP contribution in [-0.2, 0) is 6.54 Å². The predicted octanol–water partition coefficient (Wildman–Crippen LogP) is 1.78. The van der Waals surface area contributed by atoms with Gasteiger partial charge in [-0.3, -0.25) is 9.78 Å². The zero-order valence-corrected chi connectivity index (χ0v) is 11.6. The van der Waals surface area contributed by atoms with Crippen LogP contribution in [0.1, 0.15) is 15.9 Å². The van der Waals surface area contributed by atoms with Gasteiger partial charge in [-0.2, -0.15) is 0 Å². The lowest BCUT2D eigenvalue weighted by Gasteiger charge is -2.09. The van der Waals surface area contributed by atoms with Crippen LogP contribution in [0, 0.1) is 0 Å². The van der Waals surface area contributed by atoms with Gasteiger partial charge in [0.2, 0.25) is 6.79 Å². The minimum absolute atomic E-state index is 0.176. The summed E-state index contributed by atoms with van der Waals surface area (Å²) < 4.78 is 10.6. The van der Waals surface area contributed by atoms with E-state index in [9.17, 15) is 4.79 Å². The van der Waals surface area contributed by atoms with Crippen LogP contribution >= 0.6 is 0 Å². The van der Waals surface area contributed by atoms with Crippen molar-refractivity contribution >= 4 is 11.6 Å². The Balaban J connectivity index is 1.68. The number of nitrogens with zero attached hydrogens (tertiary/aromatic N) is 1.